The topological polar surface area (TPSA) is 70.2 Å². The van der Waals surface area contributed by atoms with Gasteiger partial charge in [0.15, 0.2) is 0 Å². The average Bonchev–Trinajstić information content (AvgIpc) is 2.64. The first-order chi connectivity index (χ1) is 12.9. The molecule has 3 N–H and O–H groups in total. The number of hydrogen-bond donors (Lipinski definition) is 3. The van der Waals surface area contributed by atoms with Crippen molar-refractivity contribution in [2.45, 2.75) is 46.8 Å². The van der Waals surface area contributed by atoms with E-state index in [9.17, 15) is 9.59 Å². The molecule has 0 saturated heterocycles. The Morgan fingerprint density at radius 1 is 0.815 bits per heavy atom. The fraction of sp³-hybridized carbons (Fsp3) is 0.364. The number of carbonyl (C=O) groups excluding carboxylic acids is 2. The molecular formula is C22H29N3O2. The standard InChI is InChI=1S/C22H29N3O2/c1-16(2)11-21(26)23-14-19-5-4-6-20(12-19)15-25-22(27)24-13-18-9-7-17(3)8-10-18/h4-10,12,16H,11,13-15H2,1-3H3,(H,23,26)(H2,24,25,27). The van der Waals surface area contributed by atoms with Gasteiger partial charge in [-0.2, -0.15) is 0 Å². The average molecular weight is 367 g/mol. The van der Waals surface area contributed by atoms with Crippen molar-refractivity contribution in [3.63, 3.8) is 0 Å². The van der Waals surface area contributed by atoms with Gasteiger partial charge >= 0.3 is 6.03 Å². The molecule has 0 heterocycles. The van der Waals surface area contributed by atoms with Crippen molar-refractivity contribution >= 4 is 11.9 Å². The van der Waals surface area contributed by atoms with Crippen LogP contribution >= 0.6 is 0 Å². The number of rotatable bonds is 8. The minimum absolute atomic E-state index is 0.0593. The second kappa shape index (κ2) is 10.4. The third kappa shape index (κ3) is 7.94. The highest BCUT2D eigenvalue weighted by molar-refractivity contribution is 5.76. The Morgan fingerprint density at radius 2 is 1.37 bits per heavy atom. The molecule has 0 aromatic heterocycles. The monoisotopic (exact) mass is 367 g/mol. The first-order valence-corrected chi connectivity index (χ1v) is 9.34. The van der Waals surface area contributed by atoms with Crippen LogP contribution in [0, 0.1) is 12.8 Å². The van der Waals surface area contributed by atoms with Gasteiger partial charge in [0.25, 0.3) is 0 Å². The number of carbonyl (C=O) groups is 2. The van der Waals surface area contributed by atoms with E-state index >= 15 is 0 Å². The minimum atomic E-state index is -0.203. The number of hydrogen-bond acceptors (Lipinski definition) is 2. The molecule has 5 heteroatoms. The molecule has 0 fully saturated rings. The maximum absolute atomic E-state index is 12.0. The number of nitrogens with one attached hydrogen (secondary N) is 3. The van der Waals surface area contributed by atoms with Crippen LogP contribution in [0.3, 0.4) is 0 Å². The predicted octanol–water partition coefficient (Wildman–Crippen LogP) is 3.66. The van der Waals surface area contributed by atoms with Gasteiger partial charge in [0.2, 0.25) is 5.91 Å². The highest BCUT2D eigenvalue weighted by Gasteiger charge is 2.05. The summed E-state index contributed by atoms with van der Waals surface area (Å²) in [4.78, 5) is 23.7. The third-order valence-electron chi connectivity index (χ3n) is 4.10. The van der Waals surface area contributed by atoms with Crippen LogP contribution in [0.4, 0.5) is 4.79 Å². The van der Waals surface area contributed by atoms with E-state index in [0.717, 1.165) is 16.7 Å². The van der Waals surface area contributed by atoms with Gasteiger partial charge < -0.3 is 16.0 Å². The summed E-state index contributed by atoms with van der Waals surface area (Å²) in [5.41, 5.74) is 4.28. The van der Waals surface area contributed by atoms with Crippen molar-refractivity contribution in [1.29, 1.82) is 0 Å². The van der Waals surface area contributed by atoms with Crippen LogP contribution in [0.2, 0.25) is 0 Å². The first kappa shape index (κ1) is 20.5. The van der Waals surface area contributed by atoms with Crippen molar-refractivity contribution in [1.82, 2.24) is 16.0 Å². The molecule has 0 bridgehead atoms. The minimum Gasteiger partial charge on any atom is -0.352 e. The molecule has 0 aliphatic rings. The van der Waals surface area contributed by atoms with Crippen molar-refractivity contribution in [2.75, 3.05) is 0 Å². The summed E-state index contributed by atoms with van der Waals surface area (Å²) in [6, 6.07) is 15.7. The molecule has 27 heavy (non-hydrogen) atoms. The van der Waals surface area contributed by atoms with E-state index in [1.807, 2.05) is 69.3 Å². The zero-order chi connectivity index (χ0) is 19.6. The van der Waals surface area contributed by atoms with Gasteiger partial charge in [-0.05, 0) is 29.5 Å². The Bertz CT molecular complexity index is 754. The Hall–Kier alpha value is -2.82. The number of urea groups is 1. The summed E-state index contributed by atoms with van der Waals surface area (Å²) in [6.45, 7) is 7.51. The molecule has 0 unspecified atom stereocenters. The molecule has 2 aromatic rings. The summed E-state index contributed by atoms with van der Waals surface area (Å²) in [5.74, 6) is 0.406. The number of aryl methyl sites for hydroxylation is 1. The highest BCUT2D eigenvalue weighted by atomic mass is 16.2. The fourth-order valence-electron chi connectivity index (χ4n) is 2.63. The van der Waals surface area contributed by atoms with Gasteiger partial charge in [-0.25, -0.2) is 4.79 Å². The van der Waals surface area contributed by atoms with Crippen LogP contribution in [-0.2, 0) is 24.4 Å². The Balaban J connectivity index is 1.75. The van der Waals surface area contributed by atoms with Crippen molar-refractivity contribution in [3.05, 3.63) is 70.8 Å². The van der Waals surface area contributed by atoms with E-state index < -0.39 is 0 Å². The molecule has 0 radical (unpaired) electrons. The lowest BCUT2D eigenvalue weighted by atomic mass is 10.1. The molecule has 0 saturated carbocycles. The molecule has 3 amide bonds. The number of benzene rings is 2. The van der Waals surface area contributed by atoms with Crippen molar-refractivity contribution < 1.29 is 9.59 Å². The normalized spacial score (nSPS) is 10.5. The lowest BCUT2D eigenvalue weighted by Crippen LogP contribution is -2.34. The van der Waals surface area contributed by atoms with Crippen LogP contribution in [0.25, 0.3) is 0 Å². The van der Waals surface area contributed by atoms with Crippen molar-refractivity contribution in [2.24, 2.45) is 5.92 Å². The van der Waals surface area contributed by atoms with Crippen molar-refractivity contribution in [3.8, 4) is 0 Å². The molecule has 0 aliphatic heterocycles. The van der Waals surface area contributed by atoms with Gasteiger partial charge in [-0.3, -0.25) is 4.79 Å². The summed E-state index contributed by atoms with van der Waals surface area (Å²) in [7, 11) is 0. The SMILES string of the molecule is Cc1ccc(CNC(=O)NCc2cccc(CNC(=O)CC(C)C)c2)cc1. The zero-order valence-corrected chi connectivity index (χ0v) is 16.3. The van der Waals surface area contributed by atoms with Crippen LogP contribution < -0.4 is 16.0 Å². The van der Waals surface area contributed by atoms with Crippen LogP contribution in [0.15, 0.2) is 48.5 Å². The lowest BCUT2D eigenvalue weighted by Gasteiger charge is -2.10. The maximum atomic E-state index is 12.0. The lowest BCUT2D eigenvalue weighted by molar-refractivity contribution is -0.121. The summed E-state index contributed by atoms with van der Waals surface area (Å²) < 4.78 is 0. The van der Waals surface area contributed by atoms with Gasteiger partial charge in [-0.15, -0.1) is 0 Å². The summed E-state index contributed by atoms with van der Waals surface area (Å²) in [5, 5.41) is 8.64. The quantitative estimate of drug-likeness (QED) is 0.666. The zero-order valence-electron chi connectivity index (χ0n) is 16.3. The summed E-state index contributed by atoms with van der Waals surface area (Å²) >= 11 is 0. The van der Waals surface area contributed by atoms with E-state index in [1.165, 1.54) is 5.56 Å². The van der Waals surface area contributed by atoms with Gasteiger partial charge in [-0.1, -0.05) is 67.9 Å². The predicted molar refractivity (Wildman–Crippen MR) is 108 cm³/mol. The van der Waals surface area contributed by atoms with Gasteiger partial charge in [0.1, 0.15) is 0 Å². The van der Waals surface area contributed by atoms with E-state index in [4.69, 9.17) is 0 Å². The fourth-order valence-corrected chi connectivity index (χ4v) is 2.63. The Labute approximate surface area is 161 Å². The molecule has 5 nitrogen and oxygen atoms in total. The molecule has 0 aliphatic carbocycles. The van der Waals surface area contributed by atoms with E-state index in [-0.39, 0.29) is 11.9 Å². The van der Waals surface area contributed by atoms with E-state index in [1.54, 1.807) is 0 Å². The second-order valence-corrected chi connectivity index (χ2v) is 7.22. The van der Waals surface area contributed by atoms with Crippen LogP contribution in [-0.4, -0.2) is 11.9 Å². The Kier molecular flexibility index (Phi) is 7.86. The second-order valence-electron chi connectivity index (χ2n) is 7.22. The van der Waals surface area contributed by atoms with Gasteiger partial charge in [0, 0.05) is 26.1 Å². The molecule has 144 valence electrons. The molecule has 2 aromatic carbocycles. The van der Waals surface area contributed by atoms with Gasteiger partial charge in [0.05, 0.1) is 0 Å². The number of amides is 3. The molecule has 0 atom stereocenters. The highest BCUT2D eigenvalue weighted by Crippen LogP contribution is 2.06. The van der Waals surface area contributed by atoms with Crippen LogP contribution in [0.1, 0.15) is 42.5 Å². The molecule has 2 rings (SSSR count). The van der Waals surface area contributed by atoms with E-state index in [0.29, 0.717) is 32.0 Å². The summed E-state index contributed by atoms with van der Waals surface area (Å²) in [6.07, 6.45) is 0.530. The van der Waals surface area contributed by atoms with E-state index in [2.05, 4.69) is 16.0 Å². The maximum Gasteiger partial charge on any atom is 0.315 e. The third-order valence-corrected chi connectivity index (χ3v) is 4.10. The van der Waals surface area contributed by atoms with Crippen LogP contribution in [0.5, 0.6) is 0 Å². The first-order valence-electron chi connectivity index (χ1n) is 9.34. The molecular weight excluding hydrogens is 338 g/mol. The Morgan fingerprint density at radius 3 is 1.96 bits per heavy atom. The molecule has 0 spiro atoms. The smallest absolute Gasteiger partial charge is 0.315 e. The largest absolute Gasteiger partial charge is 0.352 e.